The third kappa shape index (κ3) is 3.82. The molecule has 0 aromatic carbocycles. The SMILES string of the molecule is Cc1cc(C(=O)Nc2c(C)cc(C)nc2C)nc(C(F)(F)F)n1. The van der Waals surface area contributed by atoms with Crippen molar-refractivity contribution in [3.05, 3.63) is 46.3 Å². The Labute approximate surface area is 131 Å². The van der Waals surface area contributed by atoms with Crippen LogP contribution < -0.4 is 5.32 Å². The lowest BCUT2D eigenvalue weighted by molar-refractivity contribution is -0.145. The summed E-state index contributed by atoms with van der Waals surface area (Å²) < 4.78 is 38.2. The van der Waals surface area contributed by atoms with Crippen molar-refractivity contribution in [3.8, 4) is 0 Å². The fraction of sp³-hybridized carbons (Fsp3) is 0.333. The molecule has 0 aliphatic heterocycles. The van der Waals surface area contributed by atoms with Crippen LogP contribution in [0.25, 0.3) is 0 Å². The van der Waals surface area contributed by atoms with Crippen LogP contribution in [0.5, 0.6) is 0 Å². The largest absolute Gasteiger partial charge is 0.451 e. The minimum Gasteiger partial charge on any atom is -0.319 e. The van der Waals surface area contributed by atoms with E-state index < -0.39 is 17.9 Å². The number of hydrogen-bond acceptors (Lipinski definition) is 4. The molecule has 122 valence electrons. The summed E-state index contributed by atoms with van der Waals surface area (Å²) in [6.07, 6.45) is -4.71. The number of halogens is 3. The van der Waals surface area contributed by atoms with Crippen LogP contribution in [-0.2, 0) is 6.18 Å². The number of nitrogens with one attached hydrogen (secondary N) is 1. The van der Waals surface area contributed by atoms with Crippen molar-refractivity contribution >= 4 is 11.6 Å². The minimum atomic E-state index is -4.71. The summed E-state index contributed by atoms with van der Waals surface area (Å²) in [7, 11) is 0. The van der Waals surface area contributed by atoms with Gasteiger partial charge in [0.2, 0.25) is 5.82 Å². The molecular formula is C15H15F3N4O. The number of anilines is 1. The predicted molar refractivity (Wildman–Crippen MR) is 78.2 cm³/mol. The molecule has 0 radical (unpaired) electrons. The molecule has 0 bridgehead atoms. The first kappa shape index (κ1) is 16.9. The van der Waals surface area contributed by atoms with E-state index in [1.807, 2.05) is 6.92 Å². The average Bonchev–Trinajstić information content (AvgIpc) is 2.40. The van der Waals surface area contributed by atoms with Gasteiger partial charge in [0.15, 0.2) is 0 Å². The van der Waals surface area contributed by atoms with E-state index in [0.717, 1.165) is 11.3 Å². The molecular weight excluding hydrogens is 309 g/mol. The Hall–Kier alpha value is -2.51. The summed E-state index contributed by atoms with van der Waals surface area (Å²) in [5.74, 6) is -2.07. The zero-order valence-corrected chi connectivity index (χ0v) is 13.0. The van der Waals surface area contributed by atoms with Crippen LogP contribution >= 0.6 is 0 Å². The summed E-state index contributed by atoms with van der Waals surface area (Å²) in [5.41, 5.74) is 2.32. The second kappa shape index (κ2) is 5.94. The van der Waals surface area contributed by atoms with Crippen molar-refractivity contribution < 1.29 is 18.0 Å². The highest BCUT2D eigenvalue weighted by Crippen LogP contribution is 2.26. The van der Waals surface area contributed by atoms with Crippen molar-refractivity contribution in [3.63, 3.8) is 0 Å². The van der Waals surface area contributed by atoms with Gasteiger partial charge in [0, 0.05) is 11.4 Å². The van der Waals surface area contributed by atoms with E-state index in [0.29, 0.717) is 11.4 Å². The number of alkyl halides is 3. The lowest BCUT2D eigenvalue weighted by Crippen LogP contribution is -2.20. The number of aromatic nitrogens is 3. The molecule has 0 atom stereocenters. The van der Waals surface area contributed by atoms with E-state index in [1.54, 1.807) is 19.9 Å². The van der Waals surface area contributed by atoms with Crippen molar-refractivity contribution in [1.29, 1.82) is 0 Å². The highest BCUT2D eigenvalue weighted by molar-refractivity contribution is 6.03. The fourth-order valence-corrected chi connectivity index (χ4v) is 2.20. The molecule has 0 unspecified atom stereocenters. The first-order chi connectivity index (χ1) is 10.6. The fourth-order valence-electron chi connectivity index (χ4n) is 2.20. The maximum absolute atomic E-state index is 12.7. The smallest absolute Gasteiger partial charge is 0.319 e. The second-order valence-corrected chi connectivity index (χ2v) is 5.21. The van der Waals surface area contributed by atoms with Gasteiger partial charge in [-0.15, -0.1) is 0 Å². The van der Waals surface area contributed by atoms with E-state index in [1.165, 1.54) is 13.0 Å². The van der Waals surface area contributed by atoms with Gasteiger partial charge in [-0.05, 0) is 45.4 Å². The lowest BCUT2D eigenvalue weighted by Gasteiger charge is -2.13. The molecule has 0 fully saturated rings. The second-order valence-electron chi connectivity index (χ2n) is 5.21. The van der Waals surface area contributed by atoms with Crippen molar-refractivity contribution in [1.82, 2.24) is 15.0 Å². The van der Waals surface area contributed by atoms with Crippen LogP contribution in [0.4, 0.5) is 18.9 Å². The normalized spacial score (nSPS) is 11.4. The molecule has 0 aliphatic rings. The van der Waals surface area contributed by atoms with Gasteiger partial charge in [-0.25, -0.2) is 9.97 Å². The van der Waals surface area contributed by atoms with E-state index in [4.69, 9.17) is 0 Å². The van der Waals surface area contributed by atoms with E-state index in [-0.39, 0.29) is 11.4 Å². The summed E-state index contributed by atoms with van der Waals surface area (Å²) in [4.78, 5) is 23.1. The predicted octanol–water partition coefficient (Wildman–Crippen LogP) is 3.38. The molecule has 0 saturated carbocycles. The molecule has 0 saturated heterocycles. The Bertz CT molecular complexity index is 749. The topological polar surface area (TPSA) is 67.8 Å². The van der Waals surface area contributed by atoms with Crippen LogP contribution in [0.3, 0.4) is 0 Å². The molecule has 1 N–H and O–H groups in total. The molecule has 1 amide bonds. The molecule has 2 aromatic heterocycles. The van der Waals surface area contributed by atoms with E-state index >= 15 is 0 Å². The zero-order chi connectivity index (χ0) is 17.4. The summed E-state index contributed by atoms with van der Waals surface area (Å²) in [5, 5.41) is 2.57. The first-order valence-corrected chi connectivity index (χ1v) is 6.77. The Balaban J connectivity index is 2.37. The zero-order valence-electron chi connectivity index (χ0n) is 13.0. The van der Waals surface area contributed by atoms with Crippen LogP contribution in [0, 0.1) is 27.7 Å². The number of hydrogen-bond donors (Lipinski definition) is 1. The standard InChI is InChI=1S/C15H15F3N4O/c1-7-5-8(2)19-10(4)12(7)22-13(23)11-6-9(3)20-14(21-11)15(16,17)18/h5-6H,1-4H3,(H,22,23). The maximum atomic E-state index is 12.7. The minimum absolute atomic E-state index is 0.0629. The molecule has 0 spiro atoms. The highest BCUT2D eigenvalue weighted by Gasteiger charge is 2.35. The van der Waals surface area contributed by atoms with Crippen molar-refractivity contribution in [2.45, 2.75) is 33.9 Å². The molecule has 2 aromatic rings. The number of nitrogens with zero attached hydrogens (tertiary/aromatic N) is 3. The van der Waals surface area contributed by atoms with Crippen molar-refractivity contribution in [2.24, 2.45) is 0 Å². The van der Waals surface area contributed by atoms with Gasteiger partial charge >= 0.3 is 6.18 Å². The summed E-state index contributed by atoms with van der Waals surface area (Å²) in [6, 6.07) is 2.98. The summed E-state index contributed by atoms with van der Waals surface area (Å²) >= 11 is 0. The van der Waals surface area contributed by atoms with Crippen molar-refractivity contribution in [2.75, 3.05) is 5.32 Å². The molecule has 5 nitrogen and oxygen atoms in total. The van der Waals surface area contributed by atoms with Crippen LogP contribution in [-0.4, -0.2) is 20.9 Å². The van der Waals surface area contributed by atoms with Gasteiger partial charge in [-0.3, -0.25) is 9.78 Å². The Morgan fingerprint density at radius 1 is 1.00 bits per heavy atom. The number of amides is 1. The van der Waals surface area contributed by atoms with Gasteiger partial charge in [0.25, 0.3) is 5.91 Å². The summed E-state index contributed by atoms with van der Waals surface area (Å²) in [6.45, 7) is 6.68. The third-order valence-electron chi connectivity index (χ3n) is 3.10. The molecule has 23 heavy (non-hydrogen) atoms. The lowest BCUT2D eigenvalue weighted by atomic mass is 10.1. The van der Waals surface area contributed by atoms with Crippen LogP contribution in [0.1, 0.15) is 39.0 Å². The number of aryl methyl sites for hydroxylation is 4. The molecule has 8 heteroatoms. The molecule has 2 heterocycles. The van der Waals surface area contributed by atoms with Gasteiger partial charge < -0.3 is 5.32 Å². The van der Waals surface area contributed by atoms with E-state index in [2.05, 4.69) is 20.3 Å². The van der Waals surface area contributed by atoms with Crippen LogP contribution in [0.15, 0.2) is 12.1 Å². The molecule has 2 rings (SSSR count). The van der Waals surface area contributed by atoms with Gasteiger partial charge in [-0.2, -0.15) is 13.2 Å². The number of carbonyl (C=O) groups is 1. The monoisotopic (exact) mass is 324 g/mol. The Kier molecular flexibility index (Phi) is 4.35. The quantitative estimate of drug-likeness (QED) is 0.919. The number of carbonyl (C=O) groups excluding carboxylic acids is 1. The molecule has 0 aliphatic carbocycles. The van der Waals surface area contributed by atoms with Crippen LogP contribution in [0.2, 0.25) is 0 Å². The Morgan fingerprint density at radius 3 is 2.17 bits per heavy atom. The van der Waals surface area contributed by atoms with E-state index in [9.17, 15) is 18.0 Å². The Morgan fingerprint density at radius 2 is 1.61 bits per heavy atom. The van der Waals surface area contributed by atoms with Gasteiger partial charge in [-0.1, -0.05) is 0 Å². The van der Waals surface area contributed by atoms with Gasteiger partial charge in [0.05, 0.1) is 11.4 Å². The first-order valence-electron chi connectivity index (χ1n) is 6.77. The maximum Gasteiger partial charge on any atom is 0.451 e. The number of pyridine rings is 1. The highest BCUT2D eigenvalue weighted by atomic mass is 19.4. The third-order valence-corrected chi connectivity index (χ3v) is 3.10. The average molecular weight is 324 g/mol. The number of rotatable bonds is 2. The van der Waals surface area contributed by atoms with Gasteiger partial charge in [0.1, 0.15) is 5.69 Å².